The van der Waals surface area contributed by atoms with Gasteiger partial charge in [-0.25, -0.2) is 0 Å². The standard InChI is InChI=1S/C19H18N4O2/c20-17-8-7-14(19(21)23-25)11-18(17)22-15-5-1-3-12(9-15)13-4-2-6-16(24)10-13/h1-11,22,24-25H,20H2,(H2,21,23). The Morgan fingerprint density at radius 3 is 2.36 bits per heavy atom. The van der Waals surface area contributed by atoms with Crippen molar-refractivity contribution in [3.63, 3.8) is 0 Å². The van der Waals surface area contributed by atoms with Gasteiger partial charge in [0.2, 0.25) is 0 Å². The van der Waals surface area contributed by atoms with Gasteiger partial charge in [-0.3, -0.25) is 16.1 Å². The Labute approximate surface area is 145 Å². The third-order valence-electron chi connectivity index (χ3n) is 3.77. The van der Waals surface area contributed by atoms with Crippen molar-refractivity contribution in [2.45, 2.75) is 0 Å². The van der Waals surface area contributed by atoms with E-state index < -0.39 is 0 Å². The van der Waals surface area contributed by atoms with E-state index in [-0.39, 0.29) is 11.6 Å². The molecule has 0 aromatic heterocycles. The highest BCUT2D eigenvalue weighted by molar-refractivity contribution is 5.97. The van der Waals surface area contributed by atoms with E-state index >= 15 is 0 Å². The molecular weight excluding hydrogens is 316 g/mol. The van der Waals surface area contributed by atoms with Crippen LogP contribution in [0.2, 0.25) is 0 Å². The number of hydrogen-bond acceptors (Lipinski definition) is 5. The van der Waals surface area contributed by atoms with Gasteiger partial charge in [0.1, 0.15) is 11.6 Å². The molecule has 0 aliphatic heterocycles. The molecule has 0 heterocycles. The fraction of sp³-hybridized carbons (Fsp3) is 0. The second kappa shape index (κ2) is 6.94. The molecule has 0 unspecified atom stereocenters. The molecule has 7 N–H and O–H groups in total. The number of nitrogens with one attached hydrogen (secondary N) is 3. The third-order valence-corrected chi connectivity index (χ3v) is 3.77. The first-order valence-electron chi connectivity index (χ1n) is 7.62. The second-order valence-electron chi connectivity index (χ2n) is 5.54. The molecule has 3 aromatic carbocycles. The molecule has 0 amide bonds. The highest BCUT2D eigenvalue weighted by Gasteiger charge is 2.06. The molecule has 0 aliphatic rings. The Hall–Kier alpha value is -3.51. The van der Waals surface area contributed by atoms with E-state index in [1.165, 1.54) is 0 Å². The highest BCUT2D eigenvalue weighted by Crippen LogP contribution is 2.29. The van der Waals surface area contributed by atoms with Crippen LogP contribution in [0.5, 0.6) is 5.75 Å². The molecule has 25 heavy (non-hydrogen) atoms. The van der Waals surface area contributed by atoms with Gasteiger partial charge in [-0.1, -0.05) is 24.3 Å². The van der Waals surface area contributed by atoms with Gasteiger partial charge in [-0.2, -0.15) is 0 Å². The van der Waals surface area contributed by atoms with Crippen molar-refractivity contribution in [2.75, 3.05) is 11.1 Å². The number of aromatic hydroxyl groups is 1. The number of anilines is 3. The average Bonchev–Trinajstić information content (AvgIpc) is 2.63. The minimum absolute atomic E-state index is 0.114. The Morgan fingerprint density at radius 2 is 1.64 bits per heavy atom. The summed E-state index contributed by atoms with van der Waals surface area (Å²) in [5.74, 6) is 0.0967. The van der Waals surface area contributed by atoms with Gasteiger partial charge in [0, 0.05) is 11.3 Å². The molecule has 0 atom stereocenters. The quantitative estimate of drug-likeness (QED) is 0.188. The van der Waals surface area contributed by atoms with Crippen LogP contribution in [0.4, 0.5) is 17.1 Å². The number of nitrogens with two attached hydrogens (primary N) is 1. The summed E-state index contributed by atoms with van der Waals surface area (Å²) in [6.45, 7) is 0. The summed E-state index contributed by atoms with van der Waals surface area (Å²) < 4.78 is 0. The zero-order valence-electron chi connectivity index (χ0n) is 13.3. The molecule has 6 heteroatoms. The van der Waals surface area contributed by atoms with Crippen molar-refractivity contribution >= 4 is 22.9 Å². The van der Waals surface area contributed by atoms with Crippen LogP contribution in [-0.4, -0.2) is 16.1 Å². The van der Waals surface area contributed by atoms with Crippen LogP contribution in [0.3, 0.4) is 0 Å². The summed E-state index contributed by atoms with van der Waals surface area (Å²) in [4.78, 5) is 0. The van der Waals surface area contributed by atoms with Crippen LogP contribution in [0, 0.1) is 5.41 Å². The van der Waals surface area contributed by atoms with Gasteiger partial charge in [0.05, 0.1) is 11.4 Å². The van der Waals surface area contributed by atoms with E-state index in [0.717, 1.165) is 16.8 Å². The molecule has 0 radical (unpaired) electrons. The summed E-state index contributed by atoms with van der Waals surface area (Å²) in [6, 6.07) is 19.7. The minimum atomic E-state index is -0.114. The lowest BCUT2D eigenvalue weighted by Gasteiger charge is -2.13. The molecule has 3 rings (SSSR count). The van der Waals surface area contributed by atoms with Crippen LogP contribution >= 0.6 is 0 Å². The van der Waals surface area contributed by atoms with Crippen molar-refractivity contribution in [1.82, 2.24) is 5.48 Å². The van der Waals surface area contributed by atoms with Crippen LogP contribution in [0.15, 0.2) is 66.7 Å². The number of benzene rings is 3. The van der Waals surface area contributed by atoms with Gasteiger partial charge in [0.25, 0.3) is 0 Å². The van der Waals surface area contributed by atoms with Crippen LogP contribution in [-0.2, 0) is 0 Å². The molecule has 6 nitrogen and oxygen atoms in total. The van der Waals surface area contributed by atoms with Crippen LogP contribution in [0.1, 0.15) is 5.56 Å². The molecule has 0 spiro atoms. The molecule has 3 aromatic rings. The van der Waals surface area contributed by atoms with E-state index in [4.69, 9.17) is 16.4 Å². The molecule has 0 fully saturated rings. The maximum Gasteiger partial charge on any atom is 0.149 e. The molecule has 0 bridgehead atoms. The Kier molecular flexibility index (Phi) is 4.54. The minimum Gasteiger partial charge on any atom is -0.508 e. The molecule has 0 saturated carbocycles. The second-order valence-corrected chi connectivity index (χ2v) is 5.54. The topological polar surface area (TPSA) is 114 Å². The fourth-order valence-electron chi connectivity index (χ4n) is 2.50. The first-order valence-corrected chi connectivity index (χ1v) is 7.62. The van der Waals surface area contributed by atoms with Gasteiger partial charge in [0.15, 0.2) is 0 Å². The Bertz CT molecular complexity index is 925. The van der Waals surface area contributed by atoms with Crippen LogP contribution in [0.25, 0.3) is 11.1 Å². The lowest BCUT2D eigenvalue weighted by molar-refractivity contribution is 0.234. The van der Waals surface area contributed by atoms with Crippen LogP contribution < -0.4 is 16.5 Å². The normalized spacial score (nSPS) is 10.3. The van der Waals surface area contributed by atoms with Crippen molar-refractivity contribution in [3.8, 4) is 16.9 Å². The summed E-state index contributed by atoms with van der Waals surface area (Å²) in [5, 5.41) is 29.4. The lowest BCUT2D eigenvalue weighted by Crippen LogP contribution is -2.18. The average molecular weight is 334 g/mol. The maximum absolute atomic E-state index is 9.64. The van der Waals surface area contributed by atoms with Crippen molar-refractivity contribution in [1.29, 1.82) is 5.41 Å². The Balaban J connectivity index is 1.91. The van der Waals surface area contributed by atoms with E-state index in [2.05, 4.69) is 5.32 Å². The largest absolute Gasteiger partial charge is 0.508 e. The zero-order chi connectivity index (χ0) is 17.8. The van der Waals surface area contributed by atoms with Gasteiger partial charge in [-0.15, -0.1) is 0 Å². The zero-order valence-corrected chi connectivity index (χ0v) is 13.3. The number of hydroxylamine groups is 1. The smallest absolute Gasteiger partial charge is 0.149 e. The highest BCUT2D eigenvalue weighted by atomic mass is 16.5. The molecule has 126 valence electrons. The first-order chi connectivity index (χ1) is 12.1. The lowest BCUT2D eigenvalue weighted by atomic mass is 10.0. The van der Waals surface area contributed by atoms with Crippen molar-refractivity contribution in [3.05, 3.63) is 72.3 Å². The van der Waals surface area contributed by atoms with E-state index in [9.17, 15) is 5.11 Å². The Morgan fingerprint density at radius 1 is 0.920 bits per heavy atom. The number of hydrogen-bond donors (Lipinski definition) is 6. The number of rotatable bonds is 4. The van der Waals surface area contributed by atoms with E-state index in [1.807, 2.05) is 35.8 Å². The molecular formula is C19H18N4O2. The third kappa shape index (κ3) is 3.70. The number of amidine groups is 1. The van der Waals surface area contributed by atoms with E-state index in [0.29, 0.717) is 16.9 Å². The summed E-state index contributed by atoms with van der Waals surface area (Å²) >= 11 is 0. The summed E-state index contributed by atoms with van der Waals surface area (Å²) in [6.07, 6.45) is 0. The van der Waals surface area contributed by atoms with Gasteiger partial charge in [-0.05, 0) is 53.6 Å². The SMILES string of the molecule is N=C(NO)c1ccc(N)c(Nc2cccc(-c3cccc(O)c3)c2)c1. The number of nitrogen functional groups attached to an aromatic ring is 1. The number of phenolic OH excluding ortho intramolecular Hbond substituents is 1. The summed E-state index contributed by atoms with van der Waals surface area (Å²) in [7, 11) is 0. The van der Waals surface area contributed by atoms with Crippen molar-refractivity contribution in [2.24, 2.45) is 0 Å². The predicted octanol–water partition coefficient (Wildman–Crippen LogP) is 3.69. The number of phenols is 1. The van der Waals surface area contributed by atoms with Gasteiger partial charge < -0.3 is 16.2 Å². The maximum atomic E-state index is 9.64. The van der Waals surface area contributed by atoms with Crippen molar-refractivity contribution < 1.29 is 10.3 Å². The molecule has 0 aliphatic carbocycles. The first kappa shape index (κ1) is 16.4. The van der Waals surface area contributed by atoms with Gasteiger partial charge >= 0.3 is 0 Å². The van der Waals surface area contributed by atoms with E-state index in [1.54, 1.807) is 36.4 Å². The molecule has 0 saturated heterocycles. The summed E-state index contributed by atoms with van der Waals surface area (Å²) in [5.41, 5.74) is 12.1. The monoisotopic (exact) mass is 334 g/mol. The predicted molar refractivity (Wildman–Crippen MR) is 99.4 cm³/mol. The fourth-order valence-corrected chi connectivity index (χ4v) is 2.50.